The zero-order valence-electron chi connectivity index (χ0n) is 11.9. The topological polar surface area (TPSA) is 46.9 Å². The van der Waals surface area contributed by atoms with Crippen molar-refractivity contribution < 1.29 is 4.79 Å². The van der Waals surface area contributed by atoms with Gasteiger partial charge in [0.2, 0.25) is 5.91 Å². The monoisotopic (exact) mass is 323 g/mol. The number of nitrogens with zero attached hydrogens (tertiary/aromatic N) is 2. The van der Waals surface area contributed by atoms with Gasteiger partial charge in [0.05, 0.1) is 16.4 Å². The SMILES string of the molecule is Cc1ccc(NC(=O)/C=C/c2c(C)nn(C)c2Cl)c(Cl)c1. The first-order valence-corrected chi connectivity index (χ1v) is 7.08. The lowest BCUT2D eigenvalue weighted by Gasteiger charge is -2.05. The number of aryl methyl sites for hydroxylation is 3. The largest absolute Gasteiger partial charge is 0.321 e. The zero-order chi connectivity index (χ0) is 15.6. The highest BCUT2D eigenvalue weighted by Crippen LogP contribution is 2.23. The van der Waals surface area contributed by atoms with Crippen molar-refractivity contribution in [2.24, 2.45) is 7.05 Å². The molecule has 0 saturated carbocycles. The number of aromatic nitrogens is 2. The van der Waals surface area contributed by atoms with Gasteiger partial charge in [0.25, 0.3) is 0 Å². The van der Waals surface area contributed by atoms with Crippen LogP contribution in [0.25, 0.3) is 6.08 Å². The van der Waals surface area contributed by atoms with Gasteiger partial charge >= 0.3 is 0 Å². The second-order valence-electron chi connectivity index (χ2n) is 4.72. The molecule has 0 bridgehead atoms. The van der Waals surface area contributed by atoms with E-state index in [0.29, 0.717) is 15.9 Å². The van der Waals surface area contributed by atoms with Gasteiger partial charge in [-0.15, -0.1) is 0 Å². The molecule has 6 heteroatoms. The van der Waals surface area contributed by atoms with E-state index in [-0.39, 0.29) is 5.91 Å². The van der Waals surface area contributed by atoms with Gasteiger partial charge in [0.15, 0.2) is 0 Å². The maximum atomic E-state index is 11.9. The van der Waals surface area contributed by atoms with Crippen LogP contribution in [0.1, 0.15) is 16.8 Å². The van der Waals surface area contributed by atoms with Crippen molar-refractivity contribution in [3.05, 3.63) is 51.3 Å². The summed E-state index contributed by atoms with van der Waals surface area (Å²) in [6, 6.07) is 5.45. The molecular formula is C15H15Cl2N3O. The molecular weight excluding hydrogens is 309 g/mol. The summed E-state index contributed by atoms with van der Waals surface area (Å²) in [4.78, 5) is 11.9. The van der Waals surface area contributed by atoms with Crippen molar-refractivity contribution >= 4 is 40.9 Å². The summed E-state index contributed by atoms with van der Waals surface area (Å²) in [7, 11) is 1.75. The standard InChI is InChI=1S/C15H15Cl2N3O/c1-9-4-6-13(12(16)8-9)18-14(21)7-5-11-10(2)19-20(3)15(11)17/h4-8H,1-3H3,(H,18,21)/b7-5+. The van der Waals surface area contributed by atoms with E-state index in [0.717, 1.165) is 16.8 Å². The van der Waals surface area contributed by atoms with Gasteiger partial charge in [0, 0.05) is 18.7 Å². The number of hydrogen-bond donors (Lipinski definition) is 1. The molecule has 0 radical (unpaired) electrons. The number of rotatable bonds is 3. The van der Waals surface area contributed by atoms with Crippen molar-refractivity contribution in [1.82, 2.24) is 9.78 Å². The first-order valence-electron chi connectivity index (χ1n) is 6.33. The normalized spacial score (nSPS) is 11.1. The van der Waals surface area contributed by atoms with E-state index in [9.17, 15) is 4.79 Å². The van der Waals surface area contributed by atoms with Gasteiger partial charge in [-0.1, -0.05) is 29.3 Å². The minimum Gasteiger partial charge on any atom is -0.321 e. The summed E-state index contributed by atoms with van der Waals surface area (Å²) in [6.45, 7) is 3.77. The van der Waals surface area contributed by atoms with Gasteiger partial charge in [0.1, 0.15) is 5.15 Å². The lowest BCUT2D eigenvalue weighted by Crippen LogP contribution is -2.08. The van der Waals surface area contributed by atoms with E-state index in [1.54, 1.807) is 29.9 Å². The molecule has 21 heavy (non-hydrogen) atoms. The van der Waals surface area contributed by atoms with Gasteiger partial charge in [-0.2, -0.15) is 5.10 Å². The minimum absolute atomic E-state index is 0.278. The number of benzene rings is 1. The molecule has 0 atom stereocenters. The number of anilines is 1. The molecule has 4 nitrogen and oxygen atoms in total. The molecule has 2 rings (SSSR count). The summed E-state index contributed by atoms with van der Waals surface area (Å²) < 4.78 is 1.56. The van der Waals surface area contributed by atoms with Gasteiger partial charge in [-0.05, 0) is 37.6 Å². The van der Waals surface area contributed by atoms with Crippen molar-refractivity contribution in [3.8, 4) is 0 Å². The molecule has 0 unspecified atom stereocenters. The third-order valence-electron chi connectivity index (χ3n) is 2.98. The first-order chi connectivity index (χ1) is 9.88. The molecule has 0 spiro atoms. The van der Waals surface area contributed by atoms with Crippen LogP contribution >= 0.6 is 23.2 Å². The van der Waals surface area contributed by atoms with E-state index < -0.39 is 0 Å². The molecule has 1 aromatic carbocycles. The third kappa shape index (κ3) is 3.65. The average Bonchev–Trinajstić information content (AvgIpc) is 2.65. The first kappa shape index (κ1) is 15.6. The van der Waals surface area contributed by atoms with Crippen LogP contribution in [0.4, 0.5) is 5.69 Å². The molecule has 2 aromatic rings. The fraction of sp³-hybridized carbons (Fsp3) is 0.200. The highest BCUT2D eigenvalue weighted by molar-refractivity contribution is 6.34. The minimum atomic E-state index is -0.278. The van der Waals surface area contributed by atoms with Crippen molar-refractivity contribution in [3.63, 3.8) is 0 Å². The van der Waals surface area contributed by atoms with Gasteiger partial charge in [-0.3, -0.25) is 9.48 Å². The lowest BCUT2D eigenvalue weighted by molar-refractivity contribution is -0.111. The molecule has 0 aliphatic heterocycles. The Hall–Kier alpha value is -1.78. The number of halogens is 2. The van der Waals surface area contributed by atoms with Gasteiger partial charge in [-0.25, -0.2) is 0 Å². The Bertz CT molecular complexity index is 720. The Morgan fingerprint density at radius 1 is 1.33 bits per heavy atom. The predicted octanol–water partition coefficient (Wildman–Crippen LogP) is 4.00. The van der Waals surface area contributed by atoms with Crippen molar-refractivity contribution in [2.75, 3.05) is 5.32 Å². The van der Waals surface area contributed by atoms with Crippen LogP contribution in [0.2, 0.25) is 10.2 Å². The molecule has 1 heterocycles. The van der Waals surface area contributed by atoms with Crippen LogP contribution in [0, 0.1) is 13.8 Å². The number of amides is 1. The van der Waals surface area contributed by atoms with Crippen LogP contribution in [0.15, 0.2) is 24.3 Å². The van der Waals surface area contributed by atoms with Crippen LogP contribution in [-0.2, 0) is 11.8 Å². The van der Waals surface area contributed by atoms with Crippen molar-refractivity contribution in [1.29, 1.82) is 0 Å². The fourth-order valence-electron chi connectivity index (χ4n) is 1.89. The Balaban J connectivity index is 2.13. The molecule has 0 aliphatic carbocycles. The summed E-state index contributed by atoms with van der Waals surface area (Å²) in [5.41, 5.74) is 3.10. The highest BCUT2D eigenvalue weighted by atomic mass is 35.5. The second-order valence-corrected chi connectivity index (χ2v) is 5.48. The number of hydrogen-bond acceptors (Lipinski definition) is 2. The highest BCUT2D eigenvalue weighted by Gasteiger charge is 2.09. The number of carbonyl (C=O) groups excluding carboxylic acids is 1. The smallest absolute Gasteiger partial charge is 0.248 e. The van der Waals surface area contributed by atoms with E-state index in [4.69, 9.17) is 23.2 Å². The second kappa shape index (κ2) is 6.33. The molecule has 110 valence electrons. The Morgan fingerprint density at radius 2 is 2.05 bits per heavy atom. The summed E-state index contributed by atoms with van der Waals surface area (Å²) in [6.07, 6.45) is 3.05. The van der Waals surface area contributed by atoms with E-state index >= 15 is 0 Å². The maximum Gasteiger partial charge on any atom is 0.248 e. The summed E-state index contributed by atoms with van der Waals surface area (Å²) in [5.74, 6) is -0.278. The van der Waals surface area contributed by atoms with Crippen molar-refractivity contribution in [2.45, 2.75) is 13.8 Å². The van der Waals surface area contributed by atoms with E-state index in [2.05, 4.69) is 10.4 Å². The van der Waals surface area contributed by atoms with Crippen LogP contribution in [0.3, 0.4) is 0 Å². The van der Waals surface area contributed by atoms with Crippen LogP contribution in [-0.4, -0.2) is 15.7 Å². The van der Waals surface area contributed by atoms with Crippen LogP contribution < -0.4 is 5.32 Å². The van der Waals surface area contributed by atoms with E-state index in [1.807, 2.05) is 19.9 Å². The lowest BCUT2D eigenvalue weighted by atomic mass is 10.2. The molecule has 1 aromatic heterocycles. The molecule has 0 saturated heterocycles. The number of carbonyl (C=O) groups is 1. The Kier molecular flexibility index (Phi) is 4.70. The quantitative estimate of drug-likeness (QED) is 0.868. The number of nitrogens with one attached hydrogen (secondary N) is 1. The van der Waals surface area contributed by atoms with Gasteiger partial charge < -0.3 is 5.32 Å². The Labute approximate surface area is 133 Å². The fourth-order valence-corrected chi connectivity index (χ4v) is 2.41. The molecule has 0 aliphatic rings. The Morgan fingerprint density at radius 3 is 2.62 bits per heavy atom. The molecule has 1 amide bonds. The molecule has 1 N–H and O–H groups in total. The summed E-state index contributed by atoms with van der Waals surface area (Å²) >= 11 is 12.2. The zero-order valence-corrected chi connectivity index (χ0v) is 13.5. The maximum absolute atomic E-state index is 11.9. The predicted molar refractivity (Wildman–Crippen MR) is 86.8 cm³/mol. The van der Waals surface area contributed by atoms with E-state index in [1.165, 1.54) is 6.08 Å². The average molecular weight is 324 g/mol. The molecule has 0 fully saturated rings. The summed E-state index contributed by atoms with van der Waals surface area (Å²) in [5, 5.41) is 7.90. The third-order valence-corrected chi connectivity index (χ3v) is 3.74. The van der Waals surface area contributed by atoms with Crippen LogP contribution in [0.5, 0.6) is 0 Å².